The minimum Gasteiger partial charge on any atom is -0.354 e. The van der Waals surface area contributed by atoms with E-state index in [1.54, 1.807) is 17.0 Å². The Morgan fingerprint density at radius 2 is 1.64 bits per heavy atom. The minimum absolute atomic E-state index is 0.0862. The Kier molecular flexibility index (Phi) is 11.0. The molecule has 0 spiro atoms. The molecule has 6 heteroatoms. The average molecular weight is 507 g/mol. The van der Waals surface area contributed by atoms with Gasteiger partial charge in [-0.2, -0.15) is 0 Å². The Bertz CT molecular complexity index is 1110. The number of unbranched alkanes of at least 4 members (excludes halogenated alkanes) is 1. The maximum Gasteiger partial charge on any atom is 0.243 e. The molecule has 36 heavy (non-hydrogen) atoms. The van der Waals surface area contributed by atoms with Crippen molar-refractivity contribution in [2.45, 2.75) is 51.4 Å². The number of carbonyl (C=O) groups excluding carboxylic acids is 2. The van der Waals surface area contributed by atoms with Gasteiger partial charge in [0.15, 0.2) is 0 Å². The third kappa shape index (κ3) is 8.52. The molecule has 0 saturated carbocycles. The van der Waals surface area contributed by atoms with Gasteiger partial charge in [-0.15, -0.1) is 11.8 Å². The first-order valence-electron chi connectivity index (χ1n) is 12.5. The van der Waals surface area contributed by atoms with Crippen molar-refractivity contribution in [1.29, 1.82) is 0 Å². The van der Waals surface area contributed by atoms with Crippen LogP contribution in [0.3, 0.4) is 0 Å². The third-order valence-electron chi connectivity index (χ3n) is 6.11. The average Bonchev–Trinajstić information content (AvgIpc) is 2.89. The van der Waals surface area contributed by atoms with Gasteiger partial charge >= 0.3 is 0 Å². The second-order valence-electron chi connectivity index (χ2n) is 8.92. The minimum atomic E-state index is -0.622. The van der Waals surface area contributed by atoms with E-state index in [2.05, 4.69) is 12.2 Å². The van der Waals surface area contributed by atoms with E-state index >= 15 is 0 Å². The molecule has 0 bridgehead atoms. The van der Waals surface area contributed by atoms with Crippen molar-refractivity contribution >= 4 is 23.6 Å². The van der Waals surface area contributed by atoms with Gasteiger partial charge in [-0.25, -0.2) is 4.39 Å². The van der Waals surface area contributed by atoms with Gasteiger partial charge in [0.2, 0.25) is 11.8 Å². The number of rotatable bonds is 13. The Hall–Kier alpha value is -3.12. The highest BCUT2D eigenvalue weighted by Gasteiger charge is 2.30. The summed E-state index contributed by atoms with van der Waals surface area (Å²) in [6.07, 6.45) is 2.32. The first-order valence-corrected chi connectivity index (χ1v) is 13.6. The van der Waals surface area contributed by atoms with E-state index in [4.69, 9.17) is 0 Å². The molecule has 190 valence electrons. The number of thioether (sulfide) groups is 1. The van der Waals surface area contributed by atoms with Crippen molar-refractivity contribution in [2.24, 2.45) is 0 Å². The highest BCUT2D eigenvalue weighted by Crippen LogP contribution is 2.20. The highest BCUT2D eigenvalue weighted by molar-refractivity contribution is 7.99. The molecule has 0 fully saturated rings. The van der Waals surface area contributed by atoms with E-state index in [-0.39, 0.29) is 23.4 Å². The fourth-order valence-electron chi connectivity index (χ4n) is 3.95. The lowest BCUT2D eigenvalue weighted by atomic mass is 10.0. The molecule has 4 nitrogen and oxygen atoms in total. The molecule has 0 unspecified atom stereocenters. The number of benzene rings is 3. The third-order valence-corrected chi connectivity index (χ3v) is 7.10. The topological polar surface area (TPSA) is 49.4 Å². The predicted molar refractivity (Wildman–Crippen MR) is 146 cm³/mol. The van der Waals surface area contributed by atoms with Gasteiger partial charge in [-0.3, -0.25) is 9.59 Å². The fourth-order valence-corrected chi connectivity index (χ4v) is 4.82. The van der Waals surface area contributed by atoms with Crippen molar-refractivity contribution < 1.29 is 14.0 Å². The Labute approximate surface area is 218 Å². The van der Waals surface area contributed by atoms with E-state index < -0.39 is 6.04 Å². The molecule has 0 aliphatic heterocycles. The standard InChI is InChI=1S/C30H35FN2O2S/c1-3-4-18-32-30(35)28(19-24-11-6-5-7-12-24)33(20-26-13-9-8-10-23(26)2)29(34)22-36-21-25-14-16-27(31)17-15-25/h5-17,28H,3-4,18-22H2,1-2H3,(H,32,35)/t28-/m0/s1. The predicted octanol–water partition coefficient (Wildman–Crippen LogP) is 5.92. The van der Waals surface area contributed by atoms with Crippen LogP contribution in [-0.2, 0) is 28.3 Å². The second-order valence-corrected chi connectivity index (χ2v) is 9.90. The maximum absolute atomic E-state index is 13.6. The van der Waals surface area contributed by atoms with Gasteiger partial charge in [-0.05, 0) is 47.7 Å². The van der Waals surface area contributed by atoms with E-state index in [0.29, 0.717) is 25.3 Å². The van der Waals surface area contributed by atoms with Gasteiger partial charge < -0.3 is 10.2 Å². The van der Waals surface area contributed by atoms with Gasteiger partial charge in [0.05, 0.1) is 5.75 Å². The molecule has 0 aliphatic carbocycles. The van der Waals surface area contributed by atoms with Crippen LogP contribution < -0.4 is 5.32 Å². The van der Waals surface area contributed by atoms with Gasteiger partial charge in [-0.1, -0.05) is 80.1 Å². The summed E-state index contributed by atoms with van der Waals surface area (Å²) in [6, 6.07) is 23.5. The number of hydrogen-bond acceptors (Lipinski definition) is 3. The summed E-state index contributed by atoms with van der Waals surface area (Å²) in [4.78, 5) is 28.8. The quantitative estimate of drug-likeness (QED) is 0.293. The van der Waals surface area contributed by atoms with Crippen LogP contribution in [-0.4, -0.2) is 35.1 Å². The van der Waals surface area contributed by atoms with Crippen LogP contribution in [0, 0.1) is 12.7 Å². The van der Waals surface area contributed by atoms with E-state index in [9.17, 15) is 14.0 Å². The number of amides is 2. The molecular weight excluding hydrogens is 471 g/mol. The van der Waals surface area contributed by atoms with Crippen molar-refractivity contribution in [3.05, 3.63) is 107 Å². The van der Waals surface area contributed by atoms with E-state index in [1.165, 1.54) is 23.9 Å². The Balaban J connectivity index is 1.83. The summed E-state index contributed by atoms with van der Waals surface area (Å²) in [7, 11) is 0. The molecule has 1 N–H and O–H groups in total. The maximum atomic E-state index is 13.6. The molecule has 1 atom stereocenters. The van der Waals surface area contributed by atoms with Crippen LogP contribution in [0.25, 0.3) is 0 Å². The monoisotopic (exact) mass is 506 g/mol. The summed E-state index contributed by atoms with van der Waals surface area (Å²) in [6.45, 7) is 5.06. The van der Waals surface area contributed by atoms with Crippen LogP contribution in [0.15, 0.2) is 78.9 Å². The smallest absolute Gasteiger partial charge is 0.243 e. The molecule has 2 amide bonds. The van der Waals surface area contributed by atoms with E-state index in [1.807, 2.05) is 61.5 Å². The van der Waals surface area contributed by atoms with Gasteiger partial charge in [0.25, 0.3) is 0 Å². The Morgan fingerprint density at radius 3 is 2.33 bits per heavy atom. The molecule has 0 saturated heterocycles. The SMILES string of the molecule is CCCCNC(=O)[C@H](Cc1ccccc1)N(Cc1ccccc1C)C(=O)CSCc1ccc(F)cc1. The van der Waals surface area contributed by atoms with Crippen LogP contribution in [0.4, 0.5) is 4.39 Å². The first-order chi connectivity index (χ1) is 17.5. The fraction of sp³-hybridized carbons (Fsp3) is 0.333. The van der Waals surface area contributed by atoms with Crippen molar-refractivity contribution in [3.63, 3.8) is 0 Å². The number of carbonyl (C=O) groups is 2. The number of aryl methyl sites for hydroxylation is 1. The lowest BCUT2D eigenvalue weighted by Crippen LogP contribution is -2.51. The lowest BCUT2D eigenvalue weighted by Gasteiger charge is -2.32. The van der Waals surface area contributed by atoms with Gasteiger partial charge in [0.1, 0.15) is 11.9 Å². The summed E-state index contributed by atoms with van der Waals surface area (Å²) in [5.41, 5.74) is 4.07. The molecule has 3 rings (SSSR count). The van der Waals surface area contributed by atoms with Crippen molar-refractivity contribution in [2.75, 3.05) is 12.3 Å². The summed E-state index contributed by atoms with van der Waals surface area (Å²) >= 11 is 1.47. The van der Waals surface area contributed by atoms with Crippen LogP contribution in [0.5, 0.6) is 0 Å². The van der Waals surface area contributed by atoms with Crippen LogP contribution in [0.2, 0.25) is 0 Å². The van der Waals surface area contributed by atoms with E-state index in [0.717, 1.165) is 35.1 Å². The summed E-state index contributed by atoms with van der Waals surface area (Å²) < 4.78 is 13.2. The molecular formula is C30H35FN2O2S. The van der Waals surface area contributed by atoms with Gasteiger partial charge in [0, 0.05) is 25.3 Å². The molecule has 0 aromatic heterocycles. The largest absolute Gasteiger partial charge is 0.354 e. The molecule has 0 aliphatic rings. The second kappa shape index (κ2) is 14.4. The van der Waals surface area contributed by atoms with Crippen molar-refractivity contribution in [1.82, 2.24) is 10.2 Å². The van der Waals surface area contributed by atoms with Crippen LogP contribution >= 0.6 is 11.8 Å². The number of nitrogens with one attached hydrogen (secondary N) is 1. The Morgan fingerprint density at radius 1 is 0.944 bits per heavy atom. The molecule has 3 aromatic rings. The normalized spacial score (nSPS) is 11.6. The summed E-state index contributed by atoms with van der Waals surface area (Å²) in [5.74, 6) is 0.337. The zero-order chi connectivity index (χ0) is 25.8. The lowest BCUT2D eigenvalue weighted by molar-refractivity contribution is -0.139. The number of halogens is 1. The summed E-state index contributed by atoms with van der Waals surface area (Å²) in [5, 5.41) is 3.05. The highest BCUT2D eigenvalue weighted by atomic mass is 32.2. The molecule has 3 aromatic carbocycles. The number of hydrogen-bond donors (Lipinski definition) is 1. The zero-order valence-corrected chi connectivity index (χ0v) is 21.9. The molecule has 0 radical (unpaired) electrons. The molecule has 0 heterocycles. The number of nitrogens with zero attached hydrogens (tertiary/aromatic N) is 1. The zero-order valence-electron chi connectivity index (χ0n) is 21.1. The van der Waals surface area contributed by atoms with Crippen LogP contribution in [0.1, 0.15) is 42.0 Å². The van der Waals surface area contributed by atoms with Crippen molar-refractivity contribution in [3.8, 4) is 0 Å². The first kappa shape index (κ1) is 27.5.